The lowest BCUT2D eigenvalue weighted by atomic mass is 10.1. The molecule has 2 heterocycles. The zero-order valence-electron chi connectivity index (χ0n) is 21.4. The summed E-state index contributed by atoms with van der Waals surface area (Å²) in [5.41, 5.74) is 3.96. The highest BCUT2D eigenvalue weighted by Gasteiger charge is 2.32. The number of nitrogens with one attached hydrogen (secondary N) is 3. The van der Waals surface area contributed by atoms with Crippen molar-refractivity contribution in [3.05, 3.63) is 34.9 Å². The van der Waals surface area contributed by atoms with Gasteiger partial charge in [-0.3, -0.25) is 14.5 Å². The average molecular weight is 551 g/mol. The normalized spacial score (nSPS) is 14.7. The minimum atomic E-state index is -4.76. The Morgan fingerprint density at radius 3 is 2.62 bits per heavy atom. The predicted molar refractivity (Wildman–Crippen MR) is 135 cm³/mol. The smallest absolute Gasteiger partial charge is 0.416 e. The number of nitriles is 1. The second-order valence-corrected chi connectivity index (χ2v) is 8.52. The summed E-state index contributed by atoms with van der Waals surface area (Å²) >= 11 is 0. The molecule has 3 rings (SSSR count). The summed E-state index contributed by atoms with van der Waals surface area (Å²) in [6.07, 6.45) is -4.76. The number of nitrogens with two attached hydrogens (primary N) is 1. The lowest BCUT2D eigenvalue weighted by molar-refractivity contribution is -0.137. The average Bonchev–Trinajstić information content (AvgIpc) is 2.88. The predicted octanol–water partition coefficient (Wildman–Crippen LogP) is 1.85. The van der Waals surface area contributed by atoms with E-state index in [0.717, 1.165) is 18.2 Å². The Kier molecular flexibility index (Phi) is 9.85. The van der Waals surface area contributed by atoms with Crippen molar-refractivity contribution in [1.82, 2.24) is 20.2 Å². The van der Waals surface area contributed by atoms with E-state index in [9.17, 15) is 28.0 Å². The highest BCUT2D eigenvalue weighted by molar-refractivity contribution is 5.99. The van der Waals surface area contributed by atoms with Crippen LogP contribution < -0.4 is 26.4 Å². The monoisotopic (exact) mass is 550 g/mol. The standard InChI is InChI=1S/C24H29F3N8O4/c1-3-39-22-18(13-28)19(33-23(29)34-22)31-14(2)20(36)32-17-11-15(10-16(12-17)24(25,26)27)21(37)30-4-5-35-6-8-38-9-7-35/h10-12,14H,3-9H2,1-2H3,(H,30,37)(H,32,36)(H3,29,31,33,34)/t14-/m0/s1. The van der Waals surface area contributed by atoms with Gasteiger partial charge >= 0.3 is 6.18 Å². The number of amides is 2. The maximum atomic E-state index is 13.6. The summed E-state index contributed by atoms with van der Waals surface area (Å²) in [7, 11) is 0. The van der Waals surface area contributed by atoms with Crippen molar-refractivity contribution < 1.29 is 32.2 Å². The summed E-state index contributed by atoms with van der Waals surface area (Å²) in [6, 6.07) is 3.39. The first-order valence-corrected chi connectivity index (χ1v) is 12.1. The van der Waals surface area contributed by atoms with E-state index in [4.69, 9.17) is 15.2 Å². The number of benzene rings is 1. The van der Waals surface area contributed by atoms with E-state index in [-0.39, 0.29) is 47.6 Å². The van der Waals surface area contributed by atoms with E-state index < -0.39 is 29.6 Å². The summed E-state index contributed by atoms with van der Waals surface area (Å²) in [5, 5.41) is 17.2. The van der Waals surface area contributed by atoms with E-state index >= 15 is 0 Å². The molecule has 1 aliphatic rings. The number of carbonyl (C=O) groups excluding carboxylic acids is 2. The molecule has 0 aliphatic carbocycles. The molecule has 39 heavy (non-hydrogen) atoms. The molecule has 5 N–H and O–H groups in total. The number of aromatic nitrogens is 2. The fourth-order valence-electron chi connectivity index (χ4n) is 3.67. The number of rotatable bonds is 10. The van der Waals surface area contributed by atoms with Gasteiger partial charge in [0.2, 0.25) is 17.7 Å². The summed E-state index contributed by atoms with van der Waals surface area (Å²) < 4.78 is 51.2. The number of hydrogen-bond donors (Lipinski definition) is 4. The van der Waals surface area contributed by atoms with E-state index in [1.165, 1.54) is 6.92 Å². The van der Waals surface area contributed by atoms with Gasteiger partial charge in [-0.25, -0.2) is 0 Å². The maximum Gasteiger partial charge on any atom is 0.416 e. The fourth-order valence-corrected chi connectivity index (χ4v) is 3.67. The van der Waals surface area contributed by atoms with Crippen LogP contribution >= 0.6 is 0 Å². The molecule has 1 fully saturated rings. The van der Waals surface area contributed by atoms with Crippen molar-refractivity contribution in [3.63, 3.8) is 0 Å². The van der Waals surface area contributed by atoms with Crippen molar-refractivity contribution in [3.8, 4) is 11.9 Å². The molecule has 0 bridgehead atoms. The van der Waals surface area contributed by atoms with Crippen LogP contribution in [0.25, 0.3) is 0 Å². The molecule has 0 spiro atoms. The third kappa shape index (κ3) is 8.16. The van der Waals surface area contributed by atoms with E-state index in [2.05, 4.69) is 30.8 Å². The van der Waals surface area contributed by atoms with Crippen molar-refractivity contribution in [2.45, 2.75) is 26.1 Å². The highest BCUT2D eigenvalue weighted by atomic mass is 19.4. The van der Waals surface area contributed by atoms with E-state index in [1.54, 1.807) is 6.92 Å². The molecule has 1 aromatic heterocycles. The molecule has 15 heteroatoms. The van der Waals surface area contributed by atoms with E-state index in [1.807, 2.05) is 6.07 Å². The van der Waals surface area contributed by atoms with Gasteiger partial charge in [0, 0.05) is 37.4 Å². The minimum absolute atomic E-state index is 0.0789. The molecule has 0 radical (unpaired) electrons. The highest BCUT2D eigenvalue weighted by Crippen LogP contribution is 2.32. The molecule has 0 unspecified atom stereocenters. The second-order valence-electron chi connectivity index (χ2n) is 8.52. The van der Waals surface area contributed by atoms with Crippen LogP contribution in [-0.4, -0.2) is 78.7 Å². The van der Waals surface area contributed by atoms with Gasteiger partial charge in [-0.15, -0.1) is 0 Å². The molecule has 1 saturated heterocycles. The first kappa shape index (κ1) is 29.4. The van der Waals surface area contributed by atoms with Crippen molar-refractivity contribution in [1.29, 1.82) is 5.26 Å². The number of hydrogen-bond acceptors (Lipinski definition) is 10. The van der Waals surface area contributed by atoms with Crippen molar-refractivity contribution in [2.75, 3.05) is 62.4 Å². The molecule has 1 atom stereocenters. The fraction of sp³-hybridized carbons (Fsp3) is 0.458. The summed E-state index contributed by atoms with van der Waals surface area (Å²) in [6.45, 7) is 6.58. The van der Waals surface area contributed by atoms with Gasteiger partial charge in [0.15, 0.2) is 11.4 Å². The molecule has 12 nitrogen and oxygen atoms in total. The number of morpholine rings is 1. The lowest BCUT2D eigenvalue weighted by Crippen LogP contribution is -2.41. The third-order valence-electron chi connectivity index (χ3n) is 5.64. The Balaban J connectivity index is 1.74. The number of nitrogens with zero attached hydrogens (tertiary/aromatic N) is 4. The molecular weight excluding hydrogens is 521 g/mol. The Morgan fingerprint density at radius 1 is 1.26 bits per heavy atom. The van der Waals surface area contributed by atoms with Gasteiger partial charge in [-0.05, 0) is 32.0 Å². The largest absolute Gasteiger partial charge is 0.477 e. The summed E-state index contributed by atoms with van der Waals surface area (Å²) in [4.78, 5) is 35.3. The van der Waals surface area contributed by atoms with Crippen LogP contribution in [0.15, 0.2) is 18.2 Å². The molecular formula is C24H29F3N8O4. The van der Waals surface area contributed by atoms with Crippen LogP contribution in [0.5, 0.6) is 5.88 Å². The quantitative estimate of drug-likeness (QED) is 0.343. The first-order chi connectivity index (χ1) is 18.5. The Bertz CT molecular complexity index is 1230. The van der Waals surface area contributed by atoms with Crippen LogP contribution in [0, 0.1) is 11.3 Å². The molecule has 2 aromatic rings. The van der Waals surface area contributed by atoms with Crippen LogP contribution in [0.1, 0.15) is 35.3 Å². The van der Waals surface area contributed by atoms with Gasteiger partial charge in [-0.2, -0.15) is 28.4 Å². The number of halogens is 3. The zero-order valence-corrected chi connectivity index (χ0v) is 21.4. The Morgan fingerprint density at radius 2 is 1.97 bits per heavy atom. The first-order valence-electron chi connectivity index (χ1n) is 12.1. The van der Waals surface area contributed by atoms with Crippen molar-refractivity contribution in [2.24, 2.45) is 0 Å². The van der Waals surface area contributed by atoms with Gasteiger partial charge in [0.1, 0.15) is 12.1 Å². The Labute approximate surface area is 222 Å². The van der Waals surface area contributed by atoms with E-state index in [0.29, 0.717) is 32.8 Å². The molecule has 1 aliphatic heterocycles. The number of anilines is 3. The third-order valence-corrected chi connectivity index (χ3v) is 5.64. The minimum Gasteiger partial charge on any atom is -0.477 e. The van der Waals surface area contributed by atoms with Gasteiger partial charge in [0.25, 0.3) is 5.91 Å². The van der Waals surface area contributed by atoms with Crippen molar-refractivity contribution >= 4 is 29.3 Å². The summed E-state index contributed by atoms with van der Waals surface area (Å²) in [5.74, 6) is -1.85. The zero-order chi connectivity index (χ0) is 28.6. The Hall–Kier alpha value is -4.16. The van der Waals surface area contributed by atoms with Gasteiger partial charge < -0.3 is 31.2 Å². The van der Waals surface area contributed by atoms with Crippen LogP contribution in [0.2, 0.25) is 0 Å². The number of carbonyl (C=O) groups is 2. The van der Waals surface area contributed by atoms with Crippen LogP contribution in [0.3, 0.4) is 0 Å². The molecule has 2 amide bonds. The van der Waals surface area contributed by atoms with Crippen LogP contribution in [0.4, 0.5) is 30.6 Å². The SMILES string of the molecule is CCOc1nc(N)nc(N[C@@H](C)C(=O)Nc2cc(C(=O)NCCN3CCOCC3)cc(C(F)(F)F)c2)c1C#N. The van der Waals surface area contributed by atoms with Gasteiger partial charge in [-0.1, -0.05) is 0 Å². The van der Waals surface area contributed by atoms with Gasteiger partial charge in [0.05, 0.1) is 25.4 Å². The maximum absolute atomic E-state index is 13.6. The lowest BCUT2D eigenvalue weighted by Gasteiger charge is -2.26. The number of alkyl halides is 3. The molecule has 1 aromatic carbocycles. The number of ether oxygens (including phenoxy) is 2. The topological polar surface area (TPSA) is 168 Å². The van der Waals surface area contributed by atoms with Crippen LogP contribution in [-0.2, 0) is 15.7 Å². The molecule has 210 valence electrons. The molecule has 0 saturated carbocycles. The second kappa shape index (κ2) is 13.1. The number of nitrogen functional groups attached to an aromatic ring is 1.